The van der Waals surface area contributed by atoms with E-state index in [0.29, 0.717) is 15.7 Å². The van der Waals surface area contributed by atoms with E-state index in [4.69, 9.17) is 0 Å². The van der Waals surface area contributed by atoms with Gasteiger partial charge in [0.05, 0.1) is 24.6 Å². The van der Waals surface area contributed by atoms with Crippen LogP contribution in [0, 0.1) is 0 Å². The summed E-state index contributed by atoms with van der Waals surface area (Å²) in [7, 11) is 1.31. The van der Waals surface area contributed by atoms with E-state index in [1.807, 2.05) is 0 Å². The number of nitrogens with zero attached hydrogens (tertiary/aromatic N) is 2. The lowest BCUT2D eigenvalue weighted by atomic mass is 10.2. The number of carbonyl (C=O) groups is 2. The molecule has 1 aromatic carbocycles. The second-order valence-electron chi connectivity index (χ2n) is 4.08. The number of hydrogen-bond donors (Lipinski definition) is 1. The number of esters is 1. The first kappa shape index (κ1) is 15.7. The summed E-state index contributed by atoms with van der Waals surface area (Å²) in [5, 5.41) is 6.68. The van der Waals surface area contributed by atoms with Gasteiger partial charge in [0.1, 0.15) is 6.54 Å². The Hall–Kier alpha value is -1.67. The highest BCUT2D eigenvalue weighted by molar-refractivity contribution is 9.11. The van der Waals surface area contributed by atoms with Crippen molar-refractivity contribution >= 4 is 49.4 Å². The lowest BCUT2D eigenvalue weighted by molar-refractivity contribution is -0.141. The highest BCUT2D eigenvalue weighted by atomic mass is 79.9. The molecule has 6 nitrogen and oxygen atoms in total. The van der Waals surface area contributed by atoms with Gasteiger partial charge in [-0.15, -0.1) is 0 Å². The molecule has 1 N–H and O–H groups in total. The van der Waals surface area contributed by atoms with Crippen LogP contribution < -0.4 is 5.32 Å². The van der Waals surface area contributed by atoms with Gasteiger partial charge in [-0.3, -0.25) is 14.3 Å². The average Bonchev–Trinajstić information content (AvgIpc) is 2.85. The summed E-state index contributed by atoms with van der Waals surface area (Å²) < 4.78 is 7.48. The molecule has 0 aliphatic carbocycles. The van der Waals surface area contributed by atoms with Crippen molar-refractivity contribution < 1.29 is 14.3 Å². The zero-order valence-corrected chi connectivity index (χ0v) is 14.1. The maximum absolute atomic E-state index is 12.1. The molecule has 0 atom stereocenters. The van der Waals surface area contributed by atoms with Crippen LogP contribution in [-0.2, 0) is 16.1 Å². The van der Waals surface area contributed by atoms with E-state index in [1.54, 1.807) is 24.4 Å². The minimum absolute atomic E-state index is 0.00561. The van der Waals surface area contributed by atoms with Crippen LogP contribution in [0.2, 0.25) is 0 Å². The third-order valence-corrected chi connectivity index (χ3v) is 3.73. The van der Waals surface area contributed by atoms with Crippen molar-refractivity contribution in [2.75, 3.05) is 12.4 Å². The van der Waals surface area contributed by atoms with Gasteiger partial charge >= 0.3 is 5.97 Å². The molecular formula is C13H11Br2N3O3. The molecule has 2 aromatic rings. The number of anilines is 1. The van der Waals surface area contributed by atoms with Crippen LogP contribution in [0.15, 0.2) is 39.5 Å². The fourth-order valence-corrected chi connectivity index (χ4v) is 2.81. The second kappa shape index (κ2) is 6.86. The molecule has 0 aliphatic heterocycles. The van der Waals surface area contributed by atoms with Crippen LogP contribution in [0.25, 0.3) is 0 Å². The molecule has 0 saturated carbocycles. The summed E-state index contributed by atoms with van der Waals surface area (Å²) in [4.78, 5) is 23.3. The molecule has 2 rings (SSSR count). The Morgan fingerprint density at radius 1 is 1.38 bits per heavy atom. The van der Waals surface area contributed by atoms with Crippen LogP contribution in [0.5, 0.6) is 0 Å². The zero-order valence-electron chi connectivity index (χ0n) is 11.0. The van der Waals surface area contributed by atoms with Gasteiger partial charge in [-0.1, -0.05) is 15.9 Å². The van der Waals surface area contributed by atoms with Crippen LogP contribution in [-0.4, -0.2) is 28.8 Å². The first-order valence-corrected chi connectivity index (χ1v) is 7.44. The molecule has 0 radical (unpaired) electrons. The zero-order chi connectivity index (χ0) is 15.4. The van der Waals surface area contributed by atoms with Gasteiger partial charge in [-0.05, 0) is 34.1 Å². The number of ether oxygens (including phenoxy) is 1. The lowest BCUT2D eigenvalue weighted by Crippen LogP contribution is -2.13. The number of hydrogen-bond acceptors (Lipinski definition) is 4. The molecule has 0 saturated heterocycles. The van der Waals surface area contributed by atoms with Crippen molar-refractivity contribution in [2.24, 2.45) is 0 Å². The monoisotopic (exact) mass is 415 g/mol. The van der Waals surface area contributed by atoms with E-state index in [0.717, 1.165) is 4.47 Å². The molecule has 21 heavy (non-hydrogen) atoms. The van der Waals surface area contributed by atoms with Gasteiger partial charge < -0.3 is 10.1 Å². The number of rotatable bonds is 4. The highest BCUT2D eigenvalue weighted by Crippen LogP contribution is 2.22. The lowest BCUT2D eigenvalue weighted by Gasteiger charge is -2.05. The number of amides is 1. The Bertz CT molecular complexity index is 685. The first-order valence-electron chi connectivity index (χ1n) is 5.85. The normalized spacial score (nSPS) is 10.2. The third-order valence-electron chi connectivity index (χ3n) is 2.59. The van der Waals surface area contributed by atoms with Gasteiger partial charge in [0.15, 0.2) is 0 Å². The summed E-state index contributed by atoms with van der Waals surface area (Å²) in [6.45, 7) is -0.00561. The summed E-state index contributed by atoms with van der Waals surface area (Å²) >= 11 is 6.66. The molecule has 0 fully saturated rings. The van der Waals surface area contributed by atoms with Crippen molar-refractivity contribution in [1.29, 1.82) is 0 Å². The molecule has 0 unspecified atom stereocenters. The molecule has 1 heterocycles. The molecule has 0 spiro atoms. The molecule has 0 bridgehead atoms. The standard InChI is InChI=1S/C13H11Br2N3O3/c1-21-12(19)7-18-6-9(5-16-18)17-13(20)10-3-2-8(14)4-11(10)15/h2-6H,7H2,1H3,(H,17,20). The topological polar surface area (TPSA) is 73.2 Å². The second-order valence-corrected chi connectivity index (χ2v) is 5.85. The summed E-state index contributed by atoms with van der Waals surface area (Å²) in [6.07, 6.45) is 3.02. The molecule has 1 amide bonds. The predicted molar refractivity (Wildman–Crippen MR) is 84.0 cm³/mol. The van der Waals surface area contributed by atoms with Crippen molar-refractivity contribution in [1.82, 2.24) is 9.78 Å². The SMILES string of the molecule is COC(=O)Cn1cc(NC(=O)c2ccc(Br)cc2Br)cn1. The summed E-state index contributed by atoms with van der Waals surface area (Å²) in [5.74, 6) is -0.682. The van der Waals surface area contributed by atoms with Gasteiger partial charge in [-0.2, -0.15) is 5.10 Å². The van der Waals surface area contributed by atoms with Gasteiger partial charge in [-0.25, -0.2) is 0 Å². The Kier molecular flexibility index (Phi) is 5.13. The number of halogens is 2. The number of methoxy groups -OCH3 is 1. The number of carbonyl (C=O) groups excluding carboxylic acids is 2. The summed E-state index contributed by atoms with van der Waals surface area (Å²) in [5.41, 5.74) is 0.998. The fraction of sp³-hybridized carbons (Fsp3) is 0.154. The van der Waals surface area contributed by atoms with Crippen molar-refractivity contribution in [2.45, 2.75) is 6.54 Å². The third kappa shape index (κ3) is 4.15. The van der Waals surface area contributed by atoms with Crippen LogP contribution in [0.3, 0.4) is 0 Å². The summed E-state index contributed by atoms with van der Waals surface area (Å²) in [6, 6.07) is 5.26. The van der Waals surface area contributed by atoms with E-state index in [2.05, 4.69) is 47.0 Å². The maximum Gasteiger partial charge on any atom is 0.327 e. The molecular weight excluding hydrogens is 406 g/mol. The van der Waals surface area contributed by atoms with E-state index < -0.39 is 5.97 Å². The van der Waals surface area contributed by atoms with Crippen LogP contribution >= 0.6 is 31.9 Å². The van der Waals surface area contributed by atoms with Crippen LogP contribution in [0.4, 0.5) is 5.69 Å². The van der Waals surface area contributed by atoms with Gasteiger partial charge in [0, 0.05) is 15.1 Å². The Balaban J connectivity index is 2.07. The van der Waals surface area contributed by atoms with Gasteiger partial charge in [0.25, 0.3) is 5.91 Å². The Morgan fingerprint density at radius 2 is 2.14 bits per heavy atom. The fourth-order valence-electron chi connectivity index (χ4n) is 1.58. The minimum Gasteiger partial charge on any atom is -0.468 e. The van der Waals surface area contributed by atoms with E-state index in [-0.39, 0.29) is 12.5 Å². The van der Waals surface area contributed by atoms with E-state index >= 15 is 0 Å². The Morgan fingerprint density at radius 3 is 2.81 bits per heavy atom. The molecule has 110 valence electrons. The quantitative estimate of drug-likeness (QED) is 0.777. The maximum atomic E-state index is 12.1. The average molecular weight is 417 g/mol. The minimum atomic E-state index is -0.411. The van der Waals surface area contributed by atoms with Crippen molar-refractivity contribution in [3.05, 3.63) is 45.1 Å². The molecule has 8 heteroatoms. The van der Waals surface area contributed by atoms with E-state index in [1.165, 1.54) is 18.0 Å². The van der Waals surface area contributed by atoms with E-state index in [9.17, 15) is 9.59 Å². The van der Waals surface area contributed by atoms with Crippen LogP contribution in [0.1, 0.15) is 10.4 Å². The Labute approximate surface area is 137 Å². The molecule has 1 aromatic heterocycles. The van der Waals surface area contributed by atoms with Gasteiger partial charge in [0.2, 0.25) is 0 Å². The predicted octanol–water partition coefficient (Wildman–Crippen LogP) is 2.83. The number of benzene rings is 1. The van der Waals surface area contributed by atoms with Crippen molar-refractivity contribution in [3.63, 3.8) is 0 Å². The largest absolute Gasteiger partial charge is 0.468 e. The first-order chi connectivity index (χ1) is 9.99. The molecule has 0 aliphatic rings. The number of nitrogens with one attached hydrogen (secondary N) is 1. The van der Waals surface area contributed by atoms with Crippen molar-refractivity contribution in [3.8, 4) is 0 Å². The highest BCUT2D eigenvalue weighted by Gasteiger charge is 2.12. The smallest absolute Gasteiger partial charge is 0.327 e. The number of aromatic nitrogens is 2.